The van der Waals surface area contributed by atoms with Crippen LogP contribution in [0.1, 0.15) is 50.3 Å². The minimum Gasteiger partial charge on any atom is -0.497 e. The summed E-state index contributed by atoms with van der Waals surface area (Å²) in [5.41, 5.74) is 2.50. The average molecular weight is 497 g/mol. The summed E-state index contributed by atoms with van der Waals surface area (Å²) in [4.78, 5) is 0. The molecule has 34 heavy (non-hydrogen) atoms. The number of methoxy groups -OCH3 is 2. The molecule has 5 heteroatoms. The third-order valence-corrected chi connectivity index (χ3v) is 9.52. The number of ether oxygens (including phenoxy) is 3. The SMILES string of the molecule is CCC(C)(C)SSCCCOC(c1ccccc1)(c1ccc(OC)cc1)c1ccc(OC)cc1. The summed E-state index contributed by atoms with van der Waals surface area (Å²) in [5.74, 6) is 2.70. The number of hydrogen-bond donors (Lipinski definition) is 0. The van der Waals surface area contributed by atoms with Gasteiger partial charge in [0, 0.05) is 17.1 Å². The Balaban J connectivity index is 1.94. The molecule has 0 amide bonds. The molecule has 3 aromatic rings. The summed E-state index contributed by atoms with van der Waals surface area (Å²) in [6, 6.07) is 26.9. The normalized spacial score (nSPS) is 11.9. The van der Waals surface area contributed by atoms with Crippen LogP contribution in [0.5, 0.6) is 11.5 Å². The Kier molecular flexibility index (Phi) is 9.81. The molecule has 0 fully saturated rings. The van der Waals surface area contributed by atoms with Gasteiger partial charge in [-0.05, 0) is 67.6 Å². The Morgan fingerprint density at radius 3 is 1.68 bits per heavy atom. The zero-order valence-electron chi connectivity index (χ0n) is 20.9. The number of benzene rings is 3. The number of hydrogen-bond acceptors (Lipinski definition) is 5. The van der Waals surface area contributed by atoms with Crippen molar-refractivity contribution in [2.75, 3.05) is 26.6 Å². The molecule has 0 saturated carbocycles. The summed E-state index contributed by atoms with van der Waals surface area (Å²) in [5, 5.41) is 0. The fourth-order valence-electron chi connectivity index (χ4n) is 3.68. The monoisotopic (exact) mass is 496 g/mol. The first-order valence-electron chi connectivity index (χ1n) is 11.7. The molecule has 0 aromatic heterocycles. The molecule has 0 radical (unpaired) electrons. The van der Waals surface area contributed by atoms with Crippen LogP contribution in [-0.4, -0.2) is 31.3 Å². The van der Waals surface area contributed by atoms with E-state index in [9.17, 15) is 0 Å². The lowest BCUT2D eigenvalue weighted by Crippen LogP contribution is -2.33. The Bertz CT molecular complexity index is 939. The van der Waals surface area contributed by atoms with Gasteiger partial charge in [-0.25, -0.2) is 0 Å². The van der Waals surface area contributed by atoms with Crippen molar-refractivity contribution in [3.8, 4) is 11.5 Å². The summed E-state index contributed by atoms with van der Waals surface area (Å²) >= 11 is 0. The molecule has 0 aliphatic rings. The van der Waals surface area contributed by atoms with Gasteiger partial charge >= 0.3 is 0 Å². The van der Waals surface area contributed by atoms with E-state index in [-0.39, 0.29) is 0 Å². The van der Waals surface area contributed by atoms with Gasteiger partial charge in [-0.2, -0.15) is 0 Å². The Morgan fingerprint density at radius 1 is 0.706 bits per heavy atom. The van der Waals surface area contributed by atoms with Crippen molar-refractivity contribution in [1.82, 2.24) is 0 Å². The van der Waals surface area contributed by atoms with Crippen LogP contribution >= 0.6 is 21.6 Å². The fraction of sp³-hybridized carbons (Fsp3) is 0.379. The molecule has 3 rings (SSSR count). The predicted molar refractivity (Wildman–Crippen MR) is 147 cm³/mol. The van der Waals surface area contributed by atoms with Crippen molar-refractivity contribution in [3.05, 3.63) is 95.6 Å². The van der Waals surface area contributed by atoms with E-state index in [2.05, 4.69) is 69.3 Å². The third-order valence-electron chi connectivity index (χ3n) is 6.00. The smallest absolute Gasteiger partial charge is 0.143 e. The van der Waals surface area contributed by atoms with E-state index in [1.165, 1.54) is 0 Å². The van der Waals surface area contributed by atoms with E-state index < -0.39 is 5.60 Å². The van der Waals surface area contributed by atoms with Crippen LogP contribution in [0, 0.1) is 0 Å². The van der Waals surface area contributed by atoms with Gasteiger partial charge < -0.3 is 14.2 Å². The van der Waals surface area contributed by atoms with Crippen LogP contribution in [0.4, 0.5) is 0 Å². The van der Waals surface area contributed by atoms with Crippen molar-refractivity contribution >= 4 is 21.6 Å². The van der Waals surface area contributed by atoms with E-state index in [4.69, 9.17) is 14.2 Å². The lowest BCUT2D eigenvalue weighted by molar-refractivity contribution is 0.0137. The topological polar surface area (TPSA) is 27.7 Å². The highest BCUT2D eigenvalue weighted by atomic mass is 33.1. The molecule has 0 aliphatic heterocycles. The maximum atomic E-state index is 6.89. The molecule has 0 unspecified atom stereocenters. The van der Waals surface area contributed by atoms with Crippen molar-refractivity contribution in [2.45, 2.75) is 44.0 Å². The van der Waals surface area contributed by atoms with Crippen molar-refractivity contribution in [1.29, 1.82) is 0 Å². The molecule has 0 saturated heterocycles. The molecule has 0 atom stereocenters. The first-order chi connectivity index (χ1) is 16.4. The highest BCUT2D eigenvalue weighted by Gasteiger charge is 2.37. The minimum absolute atomic E-state index is 0.297. The van der Waals surface area contributed by atoms with Crippen LogP contribution in [0.15, 0.2) is 78.9 Å². The fourth-order valence-corrected chi connectivity index (χ4v) is 6.35. The third kappa shape index (κ3) is 6.53. The van der Waals surface area contributed by atoms with Gasteiger partial charge in [-0.1, -0.05) is 83.1 Å². The van der Waals surface area contributed by atoms with Crippen LogP contribution in [-0.2, 0) is 10.3 Å². The van der Waals surface area contributed by atoms with Gasteiger partial charge in [-0.3, -0.25) is 0 Å². The first-order valence-corrected chi connectivity index (χ1v) is 14.1. The largest absolute Gasteiger partial charge is 0.497 e. The van der Waals surface area contributed by atoms with Crippen molar-refractivity contribution in [2.24, 2.45) is 0 Å². The second-order valence-corrected chi connectivity index (χ2v) is 11.8. The van der Waals surface area contributed by atoms with E-state index in [1.807, 2.05) is 51.9 Å². The van der Waals surface area contributed by atoms with Crippen LogP contribution < -0.4 is 9.47 Å². The summed E-state index contributed by atoms with van der Waals surface area (Å²) in [6.07, 6.45) is 2.13. The standard InChI is InChI=1S/C29H36O3S2/c1-6-28(2,3)34-33-22-10-21-32-29(23-11-8-7-9-12-23,24-13-17-26(30-4)18-14-24)25-15-19-27(31-5)20-16-25/h7-9,11-20H,6,10,21-22H2,1-5H3. The molecule has 0 aliphatic carbocycles. The van der Waals surface area contributed by atoms with Gasteiger partial charge in [0.15, 0.2) is 0 Å². The van der Waals surface area contributed by atoms with E-state index in [0.29, 0.717) is 11.4 Å². The summed E-state index contributed by atoms with van der Waals surface area (Å²) in [6.45, 7) is 7.49. The number of rotatable bonds is 13. The van der Waals surface area contributed by atoms with Gasteiger partial charge in [0.2, 0.25) is 0 Å². The van der Waals surface area contributed by atoms with Gasteiger partial charge in [0.05, 0.1) is 14.2 Å². The highest BCUT2D eigenvalue weighted by Crippen LogP contribution is 2.42. The van der Waals surface area contributed by atoms with Crippen molar-refractivity contribution < 1.29 is 14.2 Å². The molecule has 0 N–H and O–H groups in total. The van der Waals surface area contributed by atoms with Crippen LogP contribution in [0.2, 0.25) is 0 Å². The van der Waals surface area contributed by atoms with Gasteiger partial charge in [-0.15, -0.1) is 0 Å². The maximum absolute atomic E-state index is 6.89. The zero-order chi connectivity index (χ0) is 24.4. The lowest BCUT2D eigenvalue weighted by atomic mass is 9.80. The van der Waals surface area contributed by atoms with E-state index >= 15 is 0 Å². The van der Waals surface area contributed by atoms with Crippen LogP contribution in [0.25, 0.3) is 0 Å². The van der Waals surface area contributed by atoms with E-state index in [0.717, 1.165) is 46.8 Å². The van der Waals surface area contributed by atoms with Crippen LogP contribution in [0.3, 0.4) is 0 Å². The zero-order valence-corrected chi connectivity index (χ0v) is 22.5. The second-order valence-electron chi connectivity index (χ2n) is 8.72. The molecular weight excluding hydrogens is 460 g/mol. The first kappa shape index (κ1) is 26.5. The van der Waals surface area contributed by atoms with E-state index in [1.54, 1.807) is 14.2 Å². The Labute approximate surface area is 213 Å². The Morgan fingerprint density at radius 2 is 1.21 bits per heavy atom. The molecule has 0 spiro atoms. The summed E-state index contributed by atoms with van der Waals surface area (Å²) in [7, 11) is 7.28. The molecule has 0 heterocycles. The minimum atomic E-state index is -0.736. The molecule has 182 valence electrons. The molecule has 0 bridgehead atoms. The maximum Gasteiger partial charge on any atom is 0.143 e. The quantitative estimate of drug-likeness (QED) is 0.136. The molecule has 3 nitrogen and oxygen atoms in total. The van der Waals surface area contributed by atoms with Gasteiger partial charge in [0.1, 0.15) is 17.1 Å². The van der Waals surface area contributed by atoms with Crippen molar-refractivity contribution in [3.63, 3.8) is 0 Å². The highest BCUT2D eigenvalue weighted by molar-refractivity contribution is 8.77. The lowest BCUT2D eigenvalue weighted by Gasteiger charge is -2.36. The molecular formula is C29H36O3S2. The van der Waals surface area contributed by atoms with Gasteiger partial charge in [0.25, 0.3) is 0 Å². The molecule has 3 aromatic carbocycles. The second kappa shape index (κ2) is 12.6. The summed E-state index contributed by atoms with van der Waals surface area (Å²) < 4.78 is 18.0. The Hall–Kier alpha value is -2.08. The average Bonchev–Trinajstić information content (AvgIpc) is 2.89. The predicted octanol–water partition coefficient (Wildman–Crippen LogP) is 7.97.